The molecule has 0 unspecified atom stereocenters. The van der Waals surface area contributed by atoms with Gasteiger partial charge in [0.1, 0.15) is 5.82 Å². The van der Waals surface area contributed by atoms with Crippen LogP contribution in [0.3, 0.4) is 0 Å². The van der Waals surface area contributed by atoms with Crippen LogP contribution < -0.4 is 10.6 Å². The highest BCUT2D eigenvalue weighted by Gasteiger charge is 2.13. The number of nitrogens with zero attached hydrogens (tertiary/aromatic N) is 1. The van der Waals surface area contributed by atoms with E-state index in [0.29, 0.717) is 25.2 Å². The standard InChI is InChI=1S/C16H18BrFN2/c1-20(11-12-4-2-6-14(17)10-12)16-13(8-9-19)5-3-7-15(16)18/h2-7,10H,8-9,11,19H2,1H3. The molecule has 2 nitrogen and oxygen atoms in total. The lowest BCUT2D eigenvalue weighted by atomic mass is 10.1. The molecule has 0 aliphatic rings. The molecule has 4 heteroatoms. The zero-order valence-corrected chi connectivity index (χ0v) is 13.0. The minimum atomic E-state index is -0.201. The van der Waals surface area contributed by atoms with Gasteiger partial charge in [0, 0.05) is 18.1 Å². The van der Waals surface area contributed by atoms with E-state index in [9.17, 15) is 4.39 Å². The fraction of sp³-hybridized carbons (Fsp3) is 0.250. The molecule has 0 radical (unpaired) electrons. The lowest BCUT2D eigenvalue weighted by Crippen LogP contribution is -2.20. The van der Waals surface area contributed by atoms with E-state index >= 15 is 0 Å². The van der Waals surface area contributed by atoms with Crippen LogP contribution in [-0.2, 0) is 13.0 Å². The molecule has 0 saturated carbocycles. The fourth-order valence-electron chi connectivity index (χ4n) is 2.33. The molecule has 0 bridgehead atoms. The molecule has 0 aliphatic carbocycles. The van der Waals surface area contributed by atoms with Crippen molar-refractivity contribution in [2.24, 2.45) is 5.73 Å². The number of anilines is 1. The second-order valence-electron chi connectivity index (χ2n) is 4.77. The monoisotopic (exact) mass is 336 g/mol. The highest BCUT2D eigenvalue weighted by molar-refractivity contribution is 9.10. The first-order chi connectivity index (χ1) is 9.61. The zero-order valence-electron chi connectivity index (χ0n) is 11.4. The molecule has 2 aromatic carbocycles. The van der Waals surface area contributed by atoms with Gasteiger partial charge in [-0.3, -0.25) is 0 Å². The molecule has 0 fully saturated rings. The van der Waals surface area contributed by atoms with Crippen LogP contribution in [0.5, 0.6) is 0 Å². The quantitative estimate of drug-likeness (QED) is 0.901. The van der Waals surface area contributed by atoms with Crippen molar-refractivity contribution in [3.63, 3.8) is 0 Å². The highest BCUT2D eigenvalue weighted by Crippen LogP contribution is 2.25. The summed E-state index contributed by atoms with van der Waals surface area (Å²) >= 11 is 3.45. The first kappa shape index (κ1) is 15.0. The lowest BCUT2D eigenvalue weighted by Gasteiger charge is -2.23. The number of hydrogen-bond donors (Lipinski definition) is 1. The van der Waals surface area contributed by atoms with Gasteiger partial charge in [-0.15, -0.1) is 0 Å². The third kappa shape index (κ3) is 3.58. The van der Waals surface area contributed by atoms with Gasteiger partial charge in [0.25, 0.3) is 0 Å². The molecule has 0 aliphatic heterocycles. The Bertz CT molecular complexity index is 586. The van der Waals surface area contributed by atoms with Crippen molar-refractivity contribution < 1.29 is 4.39 Å². The van der Waals surface area contributed by atoms with Crippen LogP contribution in [0.25, 0.3) is 0 Å². The summed E-state index contributed by atoms with van der Waals surface area (Å²) in [4.78, 5) is 1.93. The van der Waals surface area contributed by atoms with Gasteiger partial charge in [0.05, 0.1) is 5.69 Å². The van der Waals surface area contributed by atoms with Crippen LogP contribution in [0.15, 0.2) is 46.9 Å². The van der Waals surface area contributed by atoms with E-state index in [4.69, 9.17) is 5.73 Å². The van der Waals surface area contributed by atoms with Crippen molar-refractivity contribution in [1.29, 1.82) is 0 Å². The molecule has 0 atom stereocenters. The zero-order chi connectivity index (χ0) is 14.5. The molecule has 0 spiro atoms. The average molecular weight is 337 g/mol. The van der Waals surface area contributed by atoms with E-state index in [1.807, 2.05) is 42.3 Å². The largest absolute Gasteiger partial charge is 0.368 e. The second-order valence-corrected chi connectivity index (χ2v) is 5.69. The topological polar surface area (TPSA) is 29.3 Å². The van der Waals surface area contributed by atoms with Gasteiger partial charge in [-0.05, 0) is 42.3 Å². The molecule has 0 aromatic heterocycles. The second kappa shape index (κ2) is 6.86. The highest BCUT2D eigenvalue weighted by atomic mass is 79.9. The fourth-order valence-corrected chi connectivity index (χ4v) is 2.78. The number of benzene rings is 2. The molecule has 106 valence electrons. The number of para-hydroxylation sites is 1. The average Bonchev–Trinajstić information content (AvgIpc) is 2.39. The van der Waals surface area contributed by atoms with Gasteiger partial charge in [-0.25, -0.2) is 4.39 Å². The first-order valence-corrected chi connectivity index (χ1v) is 7.34. The van der Waals surface area contributed by atoms with Crippen molar-refractivity contribution in [2.75, 3.05) is 18.5 Å². The maximum atomic E-state index is 14.1. The maximum Gasteiger partial charge on any atom is 0.146 e. The Balaban J connectivity index is 2.26. The minimum absolute atomic E-state index is 0.201. The van der Waals surface area contributed by atoms with Crippen LogP contribution in [0.2, 0.25) is 0 Å². The van der Waals surface area contributed by atoms with Gasteiger partial charge in [-0.2, -0.15) is 0 Å². The van der Waals surface area contributed by atoms with Gasteiger partial charge in [-0.1, -0.05) is 40.2 Å². The molecule has 0 saturated heterocycles. The summed E-state index contributed by atoms with van der Waals surface area (Å²) in [6, 6.07) is 13.2. The molecule has 2 N–H and O–H groups in total. The van der Waals surface area contributed by atoms with E-state index in [2.05, 4.69) is 15.9 Å². The van der Waals surface area contributed by atoms with Crippen LogP contribution in [0.1, 0.15) is 11.1 Å². The number of hydrogen-bond acceptors (Lipinski definition) is 2. The normalized spacial score (nSPS) is 10.6. The Morgan fingerprint density at radius 1 is 1.20 bits per heavy atom. The van der Waals surface area contributed by atoms with Gasteiger partial charge in [0.15, 0.2) is 0 Å². The predicted octanol–water partition coefficient (Wildman–Crippen LogP) is 3.73. The van der Waals surface area contributed by atoms with Crippen molar-refractivity contribution >= 4 is 21.6 Å². The van der Waals surface area contributed by atoms with Crippen LogP contribution in [0, 0.1) is 5.82 Å². The van der Waals surface area contributed by atoms with E-state index < -0.39 is 0 Å². The van der Waals surface area contributed by atoms with Crippen LogP contribution in [0.4, 0.5) is 10.1 Å². The number of nitrogens with two attached hydrogens (primary N) is 1. The van der Waals surface area contributed by atoms with Crippen molar-refractivity contribution in [3.8, 4) is 0 Å². The van der Waals surface area contributed by atoms with Crippen molar-refractivity contribution in [1.82, 2.24) is 0 Å². The van der Waals surface area contributed by atoms with E-state index in [1.54, 1.807) is 6.07 Å². The number of halogens is 2. The molecular formula is C16H18BrFN2. The minimum Gasteiger partial charge on any atom is -0.368 e. The Labute approximate surface area is 127 Å². The third-order valence-corrected chi connectivity index (χ3v) is 3.67. The Morgan fingerprint density at radius 2 is 1.95 bits per heavy atom. The van der Waals surface area contributed by atoms with E-state index in [0.717, 1.165) is 15.6 Å². The van der Waals surface area contributed by atoms with Crippen molar-refractivity contribution in [3.05, 3.63) is 63.9 Å². The molecule has 20 heavy (non-hydrogen) atoms. The Hall–Kier alpha value is -1.39. The van der Waals surface area contributed by atoms with Gasteiger partial charge in [0.2, 0.25) is 0 Å². The number of rotatable bonds is 5. The smallest absolute Gasteiger partial charge is 0.146 e. The third-order valence-electron chi connectivity index (χ3n) is 3.17. The summed E-state index contributed by atoms with van der Waals surface area (Å²) in [6.45, 7) is 1.17. The summed E-state index contributed by atoms with van der Waals surface area (Å²) < 4.78 is 15.1. The van der Waals surface area contributed by atoms with E-state index in [1.165, 1.54) is 6.07 Å². The van der Waals surface area contributed by atoms with Gasteiger partial charge >= 0.3 is 0 Å². The molecular weight excluding hydrogens is 319 g/mol. The lowest BCUT2D eigenvalue weighted by molar-refractivity contribution is 0.619. The Morgan fingerprint density at radius 3 is 2.65 bits per heavy atom. The van der Waals surface area contributed by atoms with Crippen molar-refractivity contribution in [2.45, 2.75) is 13.0 Å². The van der Waals surface area contributed by atoms with Crippen LogP contribution >= 0.6 is 15.9 Å². The summed E-state index contributed by atoms with van der Waals surface area (Å²) in [5, 5.41) is 0. The van der Waals surface area contributed by atoms with E-state index in [-0.39, 0.29) is 5.82 Å². The van der Waals surface area contributed by atoms with Crippen LogP contribution in [-0.4, -0.2) is 13.6 Å². The molecule has 0 amide bonds. The molecule has 2 rings (SSSR count). The SMILES string of the molecule is CN(Cc1cccc(Br)c1)c1c(F)cccc1CCN. The predicted molar refractivity (Wildman–Crippen MR) is 85.4 cm³/mol. The molecule has 0 heterocycles. The van der Waals surface area contributed by atoms with Gasteiger partial charge < -0.3 is 10.6 Å². The summed E-state index contributed by atoms with van der Waals surface area (Å²) in [6.07, 6.45) is 0.677. The first-order valence-electron chi connectivity index (χ1n) is 6.55. The maximum absolute atomic E-state index is 14.1. The summed E-state index contributed by atoms with van der Waals surface area (Å²) in [5.74, 6) is -0.201. The summed E-state index contributed by atoms with van der Waals surface area (Å²) in [5.41, 5.74) is 8.32. The Kier molecular flexibility index (Phi) is 5.15. The molecule has 2 aromatic rings. The summed E-state index contributed by atoms with van der Waals surface area (Å²) in [7, 11) is 1.90.